The monoisotopic (exact) mass is 348 g/mol. The Bertz CT molecular complexity index is 695. The molecule has 0 saturated carbocycles. The normalized spacial score (nSPS) is 12.2. The number of nitrogens with zero attached hydrogens (tertiary/aromatic N) is 4. The molecule has 2 rings (SSSR count). The largest absolute Gasteiger partial charge is 0.480 e. The van der Waals surface area contributed by atoms with Gasteiger partial charge in [0.25, 0.3) is 0 Å². The number of amides is 2. The number of aryl methyl sites for hydroxylation is 1. The van der Waals surface area contributed by atoms with Gasteiger partial charge in [-0.25, -0.2) is 14.6 Å². The number of aliphatic carboxylic acids is 1. The van der Waals surface area contributed by atoms with Gasteiger partial charge in [-0.3, -0.25) is 4.68 Å². The van der Waals surface area contributed by atoms with Crippen LogP contribution in [0.2, 0.25) is 0 Å². The van der Waals surface area contributed by atoms with Crippen LogP contribution in [0.4, 0.5) is 4.79 Å². The van der Waals surface area contributed by atoms with Crippen molar-refractivity contribution >= 4 is 12.0 Å². The fourth-order valence-electron chi connectivity index (χ4n) is 2.49. The Labute approximate surface area is 146 Å². The van der Waals surface area contributed by atoms with E-state index in [2.05, 4.69) is 20.4 Å². The molecule has 0 unspecified atom stereocenters. The number of nitrogens with one attached hydrogen (secondary N) is 2. The summed E-state index contributed by atoms with van der Waals surface area (Å²) in [6, 6.07) is -1.44. The molecule has 0 aliphatic rings. The third-order valence-electron chi connectivity index (χ3n) is 3.58. The summed E-state index contributed by atoms with van der Waals surface area (Å²) in [4.78, 5) is 32.4. The van der Waals surface area contributed by atoms with E-state index in [0.29, 0.717) is 18.8 Å². The summed E-state index contributed by atoms with van der Waals surface area (Å²) in [6.07, 6.45) is 6.69. The van der Waals surface area contributed by atoms with Gasteiger partial charge in [-0.2, -0.15) is 5.10 Å². The highest BCUT2D eigenvalue weighted by molar-refractivity contribution is 5.82. The molecular weight excluding hydrogens is 324 g/mol. The number of hydrogen-bond donors (Lipinski definition) is 3. The van der Waals surface area contributed by atoms with Crippen molar-refractivity contribution in [3.8, 4) is 0 Å². The van der Waals surface area contributed by atoms with Crippen molar-refractivity contribution in [2.45, 2.75) is 32.9 Å². The summed E-state index contributed by atoms with van der Waals surface area (Å²) in [5.41, 5.74) is 1.54. The highest BCUT2D eigenvalue weighted by Crippen LogP contribution is 2.08. The summed E-state index contributed by atoms with van der Waals surface area (Å²) in [7, 11) is 1.81. The second-order valence-electron chi connectivity index (χ2n) is 6.42. The molecule has 2 heterocycles. The summed E-state index contributed by atoms with van der Waals surface area (Å²) in [5.74, 6) is -0.841. The fourth-order valence-corrected chi connectivity index (χ4v) is 2.49. The Balaban J connectivity index is 2.06. The van der Waals surface area contributed by atoms with Crippen molar-refractivity contribution in [3.05, 3.63) is 36.2 Å². The summed E-state index contributed by atoms with van der Waals surface area (Å²) in [6.45, 7) is 4.89. The maximum atomic E-state index is 12.6. The van der Waals surface area contributed by atoms with Crippen LogP contribution >= 0.6 is 0 Å². The molecule has 9 nitrogen and oxygen atoms in total. The van der Waals surface area contributed by atoms with E-state index in [1.165, 1.54) is 6.33 Å². The number of H-pyrrole nitrogens is 1. The predicted molar refractivity (Wildman–Crippen MR) is 90.7 cm³/mol. The first kappa shape index (κ1) is 18.5. The smallest absolute Gasteiger partial charge is 0.326 e. The Morgan fingerprint density at radius 2 is 2.16 bits per heavy atom. The van der Waals surface area contributed by atoms with E-state index in [0.717, 1.165) is 5.56 Å². The van der Waals surface area contributed by atoms with Gasteiger partial charge in [-0.1, -0.05) is 13.8 Å². The maximum Gasteiger partial charge on any atom is 0.326 e. The van der Waals surface area contributed by atoms with Gasteiger partial charge in [-0.15, -0.1) is 0 Å². The van der Waals surface area contributed by atoms with E-state index in [1.807, 2.05) is 20.0 Å². The minimum Gasteiger partial charge on any atom is -0.480 e. The van der Waals surface area contributed by atoms with Gasteiger partial charge >= 0.3 is 12.0 Å². The average molecular weight is 348 g/mol. The minimum absolute atomic E-state index is 0.142. The number of urea groups is 1. The summed E-state index contributed by atoms with van der Waals surface area (Å²) >= 11 is 0. The quantitative estimate of drug-likeness (QED) is 0.658. The first-order valence-electron chi connectivity index (χ1n) is 8.08. The van der Waals surface area contributed by atoms with Crippen LogP contribution in [0, 0.1) is 5.92 Å². The number of carboxylic acids is 1. The van der Waals surface area contributed by atoms with Crippen molar-refractivity contribution in [1.29, 1.82) is 0 Å². The van der Waals surface area contributed by atoms with Gasteiger partial charge < -0.3 is 20.3 Å². The van der Waals surface area contributed by atoms with Crippen LogP contribution in [0.5, 0.6) is 0 Å². The lowest BCUT2D eigenvalue weighted by molar-refractivity contribution is -0.139. The summed E-state index contributed by atoms with van der Waals surface area (Å²) in [5, 5.41) is 16.1. The molecule has 9 heteroatoms. The minimum atomic E-state index is -1.09. The second-order valence-corrected chi connectivity index (χ2v) is 6.42. The van der Waals surface area contributed by atoms with E-state index in [4.69, 9.17) is 0 Å². The zero-order chi connectivity index (χ0) is 18.4. The topological polar surface area (TPSA) is 116 Å². The van der Waals surface area contributed by atoms with E-state index in [9.17, 15) is 14.7 Å². The molecule has 1 atom stereocenters. The Morgan fingerprint density at radius 3 is 2.68 bits per heavy atom. The SMILES string of the molecule is CC(C)CN(Cc1cnn(C)c1)C(=O)N[C@@H](Cc1cnc[nH]1)C(=O)O. The number of aromatic amines is 1. The maximum absolute atomic E-state index is 12.6. The first-order chi connectivity index (χ1) is 11.8. The lowest BCUT2D eigenvalue weighted by Gasteiger charge is -2.26. The molecule has 0 aliphatic heterocycles. The van der Waals surface area contributed by atoms with E-state index >= 15 is 0 Å². The Kier molecular flexibility index (Phi) is 6.15. The van der Waals surface area contributed by atoms with Gasteiger partial charge in [-0.05, 0) is 5.92 Å². The molecule has 2 amide bonds. The van der Waals surface area contributed by atoms with Crippen LogP contribution < -0.4 is 5.32 Å². The number of carboxylic acid groups (broad SMARTS) is 1. The second kappa shape index (κ2) is 8.32. The molecule has 136 valence electrons. The fraction of sp³-hybridized carbons (Fsp3) is 0.500. The standard InChI is InChI=1S/C16H24N6O3/c1-11(2)7-22(9-12-5-19-21(3)8-12)16(25)20-14(15(23)24)4-13-6-17-10-18-13/h5-6,8,10-11,14H,4,7,9H2,1-3H3,(H,17,18)(H,20,25)(H,23,24)/t14-/m0/s1. The molecule has 0 fully saturated rings. The third kappa shape index (κ3) is 5.63. The average Bonchev–Trinajstić information content (AvgIpc) is 3.17. The molecule has 0 spiro atoms. The highest BCUT2D eigenvalue weighted by Gasteiger charge is 2.24. The van der Waals surface area contributed by atoms with Crippen molar-refractivity contribution in [2.75, 3.05) is 6.54 Å². The van der Waals surface area contributed by atoms with Crippen LogP contribution in [-0.4, -0.2) is 54.3 Å². The predicted octanol–water partition coefficient (Wildman–Crippen LogP) is 1.01. The molecule has 0 aliphatic carbocycles. The van der Waals surface area contributed by atoms with Gasteiger partial charge in [0.2, 0.25) is 0 Å². The number of aromatic nitrogens is 4. The van der Waals surface area contributed by atoms with Crippen LogP contribution in [0.15, 0.2) is 24.9 Å². The molecule has 3 N–H and O–H groups in total. The first-order valence-corrected chi connectivity index (χ1v) is 8.08. The Hall–Kier alpha value is -2.84. The molecule has 2 aromatic rings. The highest BCUT2D eigenvalue weighted by atomic mass is 16.4. The van der Waals surface area contributed by atoms with Crippen molar-refractivity contribution < 1.29 is 14.7 Å². The van der Waals surface area contributed by atoms with Crippen molar-refractivity contribution in [1.82, 2.24) is 30.0 Å². The Morgan fingerprint density at radius 1 is 1.40 bits per heavy atom. The number of carbonyl (C=O) groups excluding carboxylic acids is 1. The number of carbonyl (C=O) groups is 2. The zero-order valence-electron chi connectivity index (χ0n) is 14.6. The molecule has 25 heavy (non-hydrogen) atoms. The van der Waals surface area contributed by atoms with Crippen LogP contribution in [0.1, 0.15) is 25.1 Å². The molecular formula is C16H24N6O3. The van der Waals surface area contributed by atoms with Crippen molar-refractivity contribution in [3.63, 3.8) is 0 Å². The summed E-state index contributed by atoms with van der Waals surface area (Å²) < 4.78 is 1.67. The molecule has 0 aromatic carbocycles. The van der Waals surface area contributed by atoms with Crippen LogP contribution in [0.25, 0.3) is 0 Å². The number of imidazole rings is 1. The van der Waals surface area contributed by atoms with E-state index in [-0.39, 0.29) is 12.3 Å². The number of hydrogen-bond acceptors (Lipinski definition) is 4. The van der Waals surface area contributed by atoms with E-state index in [1.54, 1.807) is 29.0 Å². The molecule has 0 radical (unpaired) electrons. The third-order valence-corrected chi connectivity index (χ3v) is 3.58. The molecule has 2 aromatic heterocycles. The lowest BCUT2D eigenvalue weighted by atomic mass is 10.1. The van der Waals surface area contributed by atoms with E-state index < -0.39 is 18.0 Å². The van der Waals surface area contributed by atoms with Crippen LogP contribution in [0.3, 0.4) is 0 Å². The van der Waals surface area contributed by atoms with Crippen molar-refractivity contribution in [2.24, 2.45) is 13.0 Å². The number of rotatable bonds is 8. The zero-order valence-corrected chi connectivity index (χ0v) is 14.6. The molecule has 0 bridgehead atoms. The van der Waals surface area contributed by atoms with Gasteiger partial charge in [0.05, 0.1) is 19.1 Å². The van der Waals surface area contributed by atoms with Gasteiger partial charge in [0.1, 0.15) is 6.04 Å². The van der Waals surface area contributed by atoms with Crippen LogP contribution in [-0.2, 0) is 24.8 Å². The lowest BCUT2D eigenvalue weighted by Crippen LogP contribution is -2.49. The van der Waals surface area contributed by atoms with Gasteiger partial charge in [0, 0.05) is 43.7 Å². The molecule has 0 saturated heterocycles. The van der Waals surface area contributed by atoms with Gasteiger partial charge in [0.15, 0.2) is 0 Å².